The Kier molecular flexibility index (Phi) is 3.98. The Morgan fingerprint density at radius 1 is 0.741 bits per heavy atom. The fraction of sp³-hybridized carbons (Fsp3) is 0.143. The quantitative estimate of drug-likeness (QED) is 0.453. The number of aromatic nitrogens is 1. The second-order valence-corrected chi connectivity index (χ2v) is 6.12. The fourth-order valence-electron chi connectivity index (χ4n) is 3.40. The molecule has 0 saturated heterocycles. The molecule has 4 aromatic rings. The summed E-state index contributed by atoms with van der Waals surface area (Å²) in [5.74, 6) is 1.27. The van der Waals surface area contributed by atoms with Gasteiger partial charge < -0.3 is 14.0 Å². The zero-order valence-electron chi connectivity index (χ0n) is 14.7. The molecule has 1 aromatic heterocycles. The second kappa shape index (κ2) is 6.23. The minimum atomic E-state index is -4.46. The number of benzene rings is 3. The lowest BCUT2D eigenvalue weighted by Gasteiger charge is -2.15. The maximum Gasteiger partial charge on any atom is 0.418 e. The highest BCUT2D eigenvalue weighted by Gasteiger charge is 2.34. The summed E-state index contributed by atoms with van der Waals surface area (Å²) in [6.45, 7) is 0. The Labute approximate surface area is 153 Å². The van der Waals surface area contributed by atoms with E-state index in [2.05, 4.69) is 0 Å². The van der Waals surface area contributed by atoms with Crippen molar-refractivity contribution in [3.05, 3.63) is 66.2 Å². The molecule has 6 heteroatoms. The molecular weight excluding hydrogens is 355 g/mol. The molecule has 0 N–H and O–H groups in total. The van der Waals surface area contributed by atoms with Crippen LogP contribution < -0.4 is 9.47 Å². The number of alkyl halides is 3. The lowest BCUT2D eigenvalue weighted by Crippen LogP contribution is -2.10. The van der Waals surface area contributed by atoms with Gasteiger partial charge in [-0.15, -0.1) is 0 Å². The summed E-state index contributed by atoms with van der Waals surface area (Å²) in [6, 6.07) is 16.3. The van der Waals surface area contributed by atoms with E-state index in [1.54, 1.807) is 49.1 Å². The molecule has 0 aliphatic carbocycles. The maximum absolute atomic E-state index is 13.6. The van der Waals surface area contributed by atoms with Gasteiger partial charge in [0.1, 0.15) is 11.5 Å². The first-order valence-electron chi connectivity index (χ1n) is 8.27. The van der Waals surface area contributed by atoms with Crippen molar-refractivity contribution in [2.75, 3.05) is 14.2 Å². The number of para-hydroxylation sites is 1. The monoisotopic (exact) mass is 371 g/mol. The van der Waals surface area contributed by atoms with Crippen LogP contribution in [-0.2, 0) is 6.18 Å². The van der Waals surface area contributed by atoms with Gasteiger partial charge in [0, 0.05) is 10.8 Å². The number of hydrogen-bond acceptors (Lipinski definition) is 2. The molecule has 3 nitrogen and oxygen atoms in total. The second-order valence-electron chi connectivity index (χ2n) is 6.12. The molecule has 0 unspecified atom stereocenters. The molecule has 3 aromatic carbocycles. The smallest absolute Gasteiger partial charge is 0.418 e. The van der Waals surface area contributed by atoms with E-state index in [1.807, 2.05) is 12.1 Å². The first-order valence-corrected chi connectivity index (χ1v) is 8.27. The summed E-state index contributed by atoms with van der Waals surface area (Å²) in [5, 5.41) is 1.58. The summed E-state index contributed by atoms with van der Waals surface area (Å²) in [5.41, 5.74) is 0.724. The van der Waals surface area contributed by atoms with E-state index in [0.29, 0.717) is 22.5 Å². The molecule has 0 radical (unpaired) electrons. The highest BCUT2D eigenvalue weighted by atomic mass is 19.4. The highest BCUT2D eigenvalue weighted by molar-refractivity contribution is 6.10. The minimum Gasteiger partial charge on any atom is -0.497 e. The van der Waals surface area contributed by atoms with E-state index in [4.69, 9.17) is 9.47 Å². The lowest BCUT2D eigenvalue weighted by atomic mass is 10.1. The van der Waals surface area contributed by atoms with Crippen molar-refractivity contribution < 1.29 is 22.6 Å². The van der Waals surface area contributed by atoms with Crippen LogP contribution in [0.5, 0.6) is 11.5 Å². The van der Waals surface area contributed by atoms with Gasteiger partial charge in [-0.3, -0.25) is 0 Å². The third-order valence-corrected chi connectivity index (χ3v) is 4.63. The van der Waals surface area contributed by atoms with Crippen LogP contribution in [0.3, 0.4) is 0 Å². The van der Waals surface area contributed by atoms with Crippen molar-refractivity contribution in [2.45, 2.75) is 6.18 Å². The summed E-state index contributed by atoms with van der Waals surface area (Å²) in [6.07, 6.45) is -4.46. The summed E-state index contributed by atoms with van der Waals surface area (Å²) < 4.78 is 53.1. The van der Waals surface area contributed by atoms with E-state index < -0.39 is 11.7 Å². The molecule has 27 heavy (non-hydrogen) atoms. The van der Waals surface area contributed by atoms with Crippen molar-refractivity contribution in [1.82, 2.24) is 4.57 Å². The van der Waals surface area contributed by atoms with Crippen LogP contribution in [0.2, 0.25) is 0 Å². The van der Waals surface area contributed by atoms with E-state index >= 15 is 0 Å². The third kappa shape index (κ3) is 2.77. The largest absolute Gasteiger partial charge is 0.497 e. The van der Waals surface area contributed by atoms with Gasteiger partial charge in [0.15, 0.2) is 0 Å². The van der Waals surface area contributed by atoms with Crippen molar-refractivity contribution in [2.24, 2.45) is 0 Å². The van der Waals surface area contributed by atoms with Gasteiger partial charge in [-0.1, -0.05) is 12.1 Å². The molecule has 0 bridgehead atoms. The summed E-state index contributed by atoms with van der Waals surface area (Å²) >= 11 is 0. The first-order chi connectivity index (χ1) is 12.9. The topological polar surface area (TPSA) is 23.4 Å². The van der Waals surface area contributed by atoms with E-state index in [-0.39, 0.29) is 5.69 Å². The number of methoxy groups -OCH3 is 2. The Morgan fingerprint density at radius 2 is 1.26 bits per heavy atom. The standard InChI is InChI=1S/C21H16F3NO2/c1-26-13-7-9-18-15(11-13)16-12-14(27-2)8-10-19(16)25(18)20-6-4-3-5-17(20)21(22,23)24/h3-12H,1-2H3. The van der Waals surface area contributed by atoms with Gasteiger partial charge >= 0.3 is 6.18 Å². The molecule has 1 heterocycles. The Morgan fingerprint density at radius 3 is 1.74 bits per heavy atom. The third-order valence-electron chi connectivity index (χ3n) is 4.63. The van der Waals surface area contributed by atoms with Gasteiger partial charge in [-0.2, -0.15) is 13.2 Å². The maximum atomic E-state index is 13.6. The Balaban J connectivity index is 2.15. The number of nitrogens with zero attached hydrogens (tertiary/aromatic N) is 1. The molecule has 0 aliphatic rings. The van der Waals surface area contributed by atoms with Gasteiger partial charge in [0.05, 0.1) is 36.5 Å². The molecule has 0 saturated carbocycles. The number of ether oxygens (including phenoxy) is 2. The van der Waals surface area contributed by atoms with Crippen LogP contribution in [0.15, 0.2) is 60.7 Å². The van der Waals surface area contributed by atoms with Gasteiger partial charge in [-0.05, 0) is 48.5 Å². The van der Waals surface area contributed by atoms with Crippen LogP contribution in [-0.4, -0.2) is 18.8 Å². The van der Waals surface area contributed by atoms with E-state index in [0.717, 1.165) is 16.8 Å². The van der Waals surface area contributed by atoms with E-state index in [1.165, 1.54) is 12.1 Å². The average molecular weight is 371 g/mol. The molecule has 0 amide bonds. The van der Waals surface area contributed by atoms with Crippen LogP contribution in [0.4, 0.5) is 13.2 Å². The SMILES string of the molecule is COc1ccc2c(c1)c1cc(OC)ccc1n2-c1ccccc1C(F)(F)F. The van der Waals surface area contributed by atoms with Crippen LogP contribution in [0, 0.1) is 0 Å². The molecule has 0 aliphatic heterocycles. The van der Waals surface area contributed by atoms with Crippen molar-refractivity contribution in [3.8, 4) is 17.2 Å². The van der Waals surface area contributed by atoms with Crippen LogP contribution in [0.1, 0.15) is 5.56 Å². The Bertz CT molecular complexity index is 1080. The zero-order valence-corrected chi connectivity index (χ0v) is 14.7. The fourth-order valence-corrected chi connectivity index (χ4v) is 3.40. The number of rotatable bonds is 3. The van der Waals surface area contributed by atoms with Crippen LogP contribution in [0.25, 0.3) is 27.5 Å². The predicted molar refractivity (Wildman–Crippen MR) is 98.9 cm³/mol. The molecule has 0 spiro atoms. The number of fused-ring (bicyclic) bond motifs is 3. The molecule has 0 fully saturated rings. The predicted octanol–water partition coefficient (Wildman–Crippen LogP) is 5.82. The van der Waals surface area contributed by atoms with Crippen LogP contribution >= 0.6 is 0 Å². The summed E-state index contributed by atoms with van der Waals surface area (Å²) in [7, 11) is 3.11. The molecule has 138 valence electrons. The normalized spacial score (nSPS) is 11.9. The van der Waals surface area contributed by atoms with Gasteiger partial charge in [-0.25, -0.2) is 0 Å². The Hall–Kier alpha value is -3.15. The highest BCUT2D eigenvalue weighted by Crippen LogP contribution is 2.40. The number of halogens is 3. The first kappa shape index (κ1) is 17.3. The molecule has 0 atom stereocenters. The van der Waals surface area contributed by atoms with Crippen molar-refractivity contribution in [3.63, 3.8) is 0 Å². The van der Waals surface area contributed by atoms with Gasteiger partial charge in [0.2, 0.25) is 0 Å². The summed E-state index contributed by atoms with van der Waals surface area (Å²) in [4.78, 5) is 0. The van der Waals surface area contributed by atoms with Crippen molar-refractivity contribution in [1.29, 1.82) is 0 Å². The van der Waals surface area contributed by atoms with Crippen molar-refractivity contribution >= 4 is 21.8 Å². The molecular formula is C21H16F3NO2. The average Bonchev–Trinajstić information content (AvgIpc) is 2.99. The minimum absolute atomic E-state index is 0.0836. The zero-order chi connectivity index (χ0) is 19.2. The number of hydrogen-bond donors (Lipinski definition) is 0. The molecule has 4 rings (SSSR count). The van der Waals surface area contributed by atoms with E-state index in [9.17, 15) is 13.2 Å². The van der Waals surface area contributed by atoms with Gasteiger partial charge in [0.25, 0.3) is 0 Å². The lowest BCUT2D eigenvalue weighted by molar-refractivity contribution is -0.137.